The summed E-state index contributed by atoms with van der Waals surface area (Å²) < 4.78 is 4.58. The number of esters is 1. The second-order valence-electron chi connectivity index (χ2n) is 3.56. The Bertz CT molecular complexity index is 463. The Labute approximate surface area is 115 Å². The number of hydrogen-bond donors (Lipinski definition) is 1. The van der Waals surface area contributed by atoms with Gasteiger partial charge in [0.1, 0.15) is 6.04 Å². The second-order valence-corrected chi connectivity index (χ2v) is 4.34. The number of halogens is 2. The Morgan fingerprint density at radius 1 is 1.39 bits per heavy atom. The van der Waals surface area contributed by atoms with E-state index in [2.05, 4.69) is 10.1 Å². The van der Waals surface area contributed by atoms with Gasteiger partial charge in [-0.3, -0.25) is 4.79 Å². The van der Waals surface area contributed by atoms with Crippen LogP contribution in [-0.4, -0.2) is 25.0 Å². The van der Waals surface area contributed by atoms with Gasteiger partial charge in [0.05, 0.1) is 22.7 Å². The van der Waals surface area contributed by atoms with Gasteiger partial charge in [-0.25, -0.2) is 4.79 Å². The van der Waals surface area contributed by atoms with Crippen molar-refractivity contribution in [3.05, 3.63) is 33.8 Å². The van der Waals surface area contributed by atoms with Crippen molar-refractivity contribution in [3.8, 4) is 0 Å². The average Bonchev–Trinajstić information content (AvgIpc) is 2.37. The Hall–Kier alpha value is -1.26. The van der Waals surface area contributed by atoms with E-state index in [9.17, 15) is 9.59 Å². The van der Waals surface area contributed by atoms with Gasteiger partial charge in [-0.2, -0.15) is 0 Å². The fraction of sp³-hybridized carbons (Fsp3) is 0.333. The monoisotopic (exact) mass is 289 g/mol. The third-order valence-electron chi connectivity index (χ3n) is 2.40. The zero-order chi connectivity index (χ0) is 13.7. The number of rotatable bonds is 4. The van der Waals surface area contributed by atoms with Gasteiger partial charge in [0, 0.05) is 0 Å². The molecular weight excluding hydrogens is 277 g/mol. The summed E-state index contributed by atoms with van der Waals surface area (Å²) in [6.45, 7) is 1.77. The molecule has 0 aromatic heterocycles. The molecule has 4 nitrogen and oxygen atoms in total. The maximum absolute atomic E-state index is 11.9. The summed E-state index contributed by atoms with van der Waals surface area (Å²) in [5.74, 6) is -0.955. The molecule has 0 saturated heterocycles. The number of carbonyl (C=O) groups excluding carboxylic acids is 2. The standard InChI is InChI=1S/C12H13Cl2NO3/c1-3-9(12(17)18-2)15-11(16)7-5-4-6-8(13)10(7)14/h4-6,9H,3H2,1-2H3,(H,15,16). The van der Waals surface area contributed by atoms with Crippen molar-refractivity contribution in [3.63, 3.8) is 0 Å². The maximum Gasteiger partial charge on any atom is 0.328 e. The number of ether oxygens (including phenoxy) is 1. The minimum absolute atomic E-state index is 0.163. The van der Waals surface area contributed by atoms with E-state index in [4.69, 9.17) is 23.2 Å². The van der Waals surface area contributed by atoms with E-state index in [-0.39, 0.29) is 15.6 Å². The largest absolute Gasteiger partial charge is 0.467 e. The first-order valence-electron chi connectivity index (χ1n) is 5.34. The lowest BCUT2D eigenvalue weighted by molar-refractivity contribution is -0.142. The van der Waals surface area contributed by atoms with Crippen LogP contribution in [0.4, 0.5) is 0 Å². The van der Waals surface area contributed by atoms with E-state index in [0.29, 0.717) is 6.42 Å². The predicted octanol–water partition coefficient (Wildman–Crippen LogP) is 2.67. The number of benzene rings is 1. The quantitative estimate of drug-likeness (QED) is 0.867. The minimum Gasteiger partial charge on any atom is -0.467 e. The summed E-state index contributed by atoms with van der Waals surface area (Å²) in [5, 5.41) is 3.00. The highest BCUT2D eigenvalue weighted by Crippen LogP contribution is 2.25. The molecule has 18 heavy (non-hydrogen) atoms. The van der Waals surface area contributed by atoms with E-state index < -0.39 is 17.9 Å². The third kappa shape index (κ3) is 3.37. The van der Waals surface area contributed by atoms with Crippen LogP contribution in [0.3, 0.4) is 0 Å². The van der Waals surface area contributed by atoms with Gasteiger partial charge >= 0.3 is 5.97 Å². The molecule has 1 amide bonds. The van der Waals surface area contributed by atoms with Crippen LogP contribution in [0.25, 0.3) is 0 Å². The molecule has 0 aliphatic rings. The van der Waals surface area contributed by atoms with Gasteiger partial charge in [-0.05, 0) is 18.6 Å². The van der Waals surface area contributed by atoms with Crippen molar-refractivity contribution < 1.29 is 14.3 Å². The molecule has 6 heteroatoms. The van der Waals surface area contributed by atoms with Crippen LogP contribution in [0.2, 0.25) is 10.0 Å². The van der Waals surface area contributed by atoms with E-state index in [1.807, 2.05) is 0 Å². The topological polar surface area (TPSA) is 55.4 Å². The normalized spacial score (nSPS) is 11.8. The highest BCUT2D eigenvalue weighted by molar-refractivity contribution is 6.43. The van der Waals surface area contributed by atoms with Gasteiger partial charge in [0.15, 0.2) is 0 Å². The van der Waals surface area contributed by atoms with Crippen molar-refractivity contribution in [2.24, 2.45) is 0 Å². The van der Waals surface area contributed by atoms with Crippen LogP contribution < -0.4 is 5.32 Å². The molecule has 0 spiro atoms. The minimum atomic E-state index is -0.697. The first kappa shape index (κ1) is 14.8. The SMILES string of the molecule is CCC(NC(=O)c1cccc(Cl)c1Cl)C(=O)OC. The Balaban J connectivity index is 2.88. The molecule has 1 rings (SSSR count). The zero-order valence-corrected chi connectivity index (χ0v) is 11.5. The predicted molar refractivity (Wildman–Crippen MR) is 70.0 cm³/mol. The number of nitrogens with one attached hydrogen (secondary N) is 1. The smallest absolute Gasteiger partial charge is 0.328 e. The second kappa shape index (κ2) is 6.61. The van der Waals surface area contributed by atoms with Crippen LogP contribution in [-0.2, 0) is 9.53 Å². The molecule has 0 aliphatic carbocycles. The summed E-state index contributed by atoms with van der Waals surface area (Å²) in [4.78, 5) is 23.3. The van der Waals surface area contributed by atoms with Gasteiger partial charge in [0.2, 0.25) is 0 Å². The Morgan fingerprint density at radius 3 is 2.61 bits per heavy atom. The van der Waals surface area contributed by atoms with Crippen LogP contribution in [0, 0.1) is 0 Å². The number of carbonyl (C=O) groups is 2. The molecule has 1 aromatic carbocycles. The molecule has 0 bridgehead atoms. The van der Waals surface area contributed by atoms with Crippen LogP contribution in [0.1, 0.15) is 23.7 Å². The molecule has 0 aliphatic heterocycles. The lowest BCUT2D eigenvalue weighted by atomic mass is 10.1. The summed E-state index contributed by atoms with van der Waals surface area (Å²) in [6, 6.07) is 4.03. The van der Waals surface area contributed by atoms with Crippen LogP contribution in [0.15, 0.2) is 18.2 Å². The highest BCUT2D eigenvalue weighted by atomic mass is 35.5. The van der Waals surface area contributed by atoms with Crippen molar-refractivity contribution in [2.75, 3.05) is 7.11 Å². The van der Waals surface area contributed by atoms with E-state index >= 15 is 0 Å². The van der Waals surface area contributed by atoms with Crippen LogP contribution >= 0.6 is 23.2 Å². The molecule has 0 fully saturated rings. The fourth-order valence-electron chi connectivity index (χ4n) is 1.39. The number of amides is 1. The van der Waals surface area contributed by atoms with Crippen molar-refractivity contribution in [1.29, 1.82) is 0 Å². The molecule has 0 heterocycles. The van der Waals surface area contributed by atoms with Gasteiger partial charge in [-0.1, -0.05) is 36.2 Å². The zero-order valence-electron chi connectivity index (χ0n) is 10.00. The summed E-state index contributed by atoms with van der Waals surface area (Å²) in [7, 11) is 1.27. The molecule has 0 saturated carbocycles. The first-order chi connectivity index (χ1) is 8.51. The summed E-state index contributed by atoms with van der Waals surface area (Å²) in [5.41, 5.74) is 0.228. The van der Waals surface area contributed by atoms with Crippen molar-refractivity contribution in [2.45, 2.75) is 19.4 Å². The maximum atomic E-state index is 11.9. The highest BCUT2D eigenvalue weighted by Gasteiger charge is 2.21. The lowest BCUT2D eigenvalue weighted by Gasteiger charge is -2.15. The summed E-state index contributed by atoms with van der Waals surface area (Å²) >= 11 is 11.7. The molecule has 1 atom stereocenters. The van der Waals surface area contributed by atoms with E-state index in [0.717, 1.165) is 0 Å². The number of methoxy groups -OCH3 is 1. The average molecular weight is 290 g/mol. The lowest BCUT2D eigenvalue weighted by Crippen LogP contribution is -2.41. The van der Waals surface area contributed by atoms with Gasteiger partial charge < -0.3 is 10.1 Å². The molecule has 0 radical (unpaired) electrons. The third-order valence-corrected chi connectivity index (χ3v) is 3.21. The number of hydrogen-bond acceptors (Lipinski definition) is 3. The molecular formula is C12H13Cl2NO3. The van der Waals surface area contributed by atoms with Gasteiger partial charge in [-0.15, -0.1) is 0 Å². The van der Waals surface area contributed by atoms with Crippen molar-refractivity contribution in [1.82, 2.24) is 5.32 Å². The Kier molecular flexibility index (Phi) is 5.44. The van der Waals surface area contributed by atoms with E-state index in [1.54, 1.807) is 19.1 Å². The first-order valence-corrected chi connectivity index (χ1v) is 6.09. The molecule has 98 valence electrons. The van der Waals surface area contributed by atoms with Crippen molar-refractivity contribution >= 4 is 35.1 Å². The Morgan fingerprint density at radius 2 is 2.06 bits per heavy atom. The van der Waals surface area contributed by atoms with Crippen LogP contribution in [0.5, 0.6) is 0 Å². The molecule has 1 N–H and O–H groups in total. The van der Waals surface area contributed by atoms with Gasteiger partial charge in [0.25, 0.3) is 5.91 Å². The molecule has 1 unspecified atom stereocenters. The summed E-state index contributed by atoms with van der Waals surface area (Å²) in [6.07, 6.45) is 0.427. The van der Waals surface area contributed by atoms with E-state index in [1.165, 1.54) is 13.2 Å². The fourth-order valence-corrected chi connectivity index (χ4v) is 1.77. The molecule has 1 aromatic rings.